The Labute approximate surface area is 213 Å². The van der Waals surface area contributed by atoms with E-state index in [1.54, 1.807) is 5.57 Å². The smallest absolute Gasteiger partial charge is 0.306 e. The van der Waals surface area contributed by atoms with Gasteiger partial charge in [-0.3, -0.25) is 4.79 Å². The molecule has 0 amide bonds. The van der Waals surface area contributed by atoms with Crippen LogP contribution in [-0.2, 0) is 16.0 Å². The summed E-state index contributed by atoms with van der Waals surface area (Å²) in [5.41, 5.74) is 4.31. The van der Waals surface area contributed by atoms with Gasteiger partial charge in [0.1, 0.15) is 6.10 Å². The van der Waals surface area contributed by atoms with E-state index in [4.69, 9.17) is 9.72 Å². The van der Waals surface area contributed by atoms with Crippen molar-refractivity contribution in [2.75, 3.05) is 5.32 Å². The molecule has 4 aliphatic rings. The monoisotopic (exact) mass is 490 g/mol. The van der Waals surface area contributed by atoms with Gasteiger partial charge in [0, 0.05) is 17.5 Å². The lowest BCUT2D eigenvalue weighted by molar-refractivity contribution is -0.159. The average Bonchev–Trinajstić information content (AvgIpc) is 3.40. The number of rotatable bonds is 5. The molecule has 2 aromatic rings. The first kappa shape index (κ1) is 23.3. The largest absolute Gasteiger partial charge is 0.462 e. The molecule has 5 heteroatoms. The first-order chi connectivity index (χ1) is 16.9. The second-order valence-corrected chi connectivity index (χ2v) is 12.8. The third kappa shape index (κ3) is 3.77. The Morgan fingerprint density at radius 3 is 2.77 bits per heavy atom. The molecule has 0 unspecified atom stereocenters. The Morgan fingerprint density at radius 2 is 1.97 bits per heavy atom. The van der Waals surface area contributed by atoms with Crippen molar-refractivity contribution in [3.05, 3.63) is 47.0 Å². The lowest BCUT2D eigenvalue weighted by Crippen LogP contribution is -2.50. The van der Waals surface area contributed by atoms with Gasteiger partial charge < -0.3 is 10.1 Å². The Kier molecular flexibility index (Phi) is 5.82. The lowest BCUT2D eigenvalue weighted by atomic mass is 9.48. The van der Waals surface area contributed by atoms with E-state index in [9.17, 15) is 4.79 Å². The Morgan fingerprint density at radius 1 is 1.14 bits per heavy atom. The summed E-state index contributed by atoms with van der Waals surface area (Å²) in [6.07, 6.45) is 12.2. The highest BCUT2D eigenvalue weighted by atomic mass is 32.1. The van der Waals surface area contributed by atoms with Gasteiger partial charge in [-0.05, 0) is 92.2 Å². The molecule has 0 spiro atoms. The number of thiazole rings is 1. The third-order valence-electron chi connectivity index (χ3n) is 9.95. The second-order valence-electron chi connectivity index (χ2n) is 11.8. The molecule has 1 N–H and O–H groups in total. The molecule has 0 radical (unpaired) electrons. The normalized spacial score (nSPS) is 35.2. The molecule has 1 aromatic heterocycles. The van der Waals surface area contributed by atoms with E-state index in [1.807, 2.05) is 17.4 Å². The predicted octanol–water partition coefficient (Wildman–Crippen LogP) is 7.78. The summed E-state index contributed by atoms with van der Waals surface area (Å²) < 4.78 is 6.07. The van der Waals surface area contributed by atoms with Crippen LogP contribution >= 0.6 is 11.3 Å². The topological polar surface area (TPSA) is 51.2 Å². The molecular formula is C30H38N2O2S. The lowest BCUT2D eigenvalue weighted by Gasteiger charge is -2.56. The summed E-state index contributed by atoms with van der Waals surface area (Å²) in [6.45, 7) is 7.02. The number of para-hydroxylation sites is 1. The number of ether oxygens (including phenoxy) is 1. The highest BCUT2D eigenvalue weighted by molar-refractivity contribution is 7.16. The van der Waals surface area contributed by atoms with Crippen molar-refractivity contribution in [1.82, 2.24) is 4.98 Å². The first-order valence-corrected chi connectivity index (χ1v) is 14.5. The zero-order valence-electron chi connectivity index (χ0n) is 21.3. The van der Waals surface area contributed by atoms with E-state index in [2.05, 4.69) is 56.4 Å². The number of anilines is 2. The number of benzene rings is 1. The van der Waals surface area contributed by atoms with Crippen LogP contribution in [0.1, 0.15) is 82.7 Å². The minimum atomic E-state index is 0.00390. The number of hydrogen-bond acceptors (Lipinski definition) is 5. The highest BCUT2D eigenvalue weighted by Gasteiger charge is 2.60. The van der Waals surface area contributed by atoms with Crippen molar-refractivity contribution in [1.29, 1.82) is 0 Å². The van der Waals surface area contributed by atoms with Crippen LogP contribution in [-0.4, -0.2) is 17.1 Å². The van der Waals surface area contributed by atoms with Gasteiger partial charge in [0.2, 0.25) is 0 Å². The van der Waals surface area contributed by atoms with Crippen LogP contribution in [0.2, 0.25) is 0 Å². The fourth-order valence-electron chi connectivity index (χ4n) is 8.14. The molecule has 186 valence electrons. The van der Waals surface area contributed by atoms with E-state index < -0.39 is 0 Å². The third-order valence-corrected chi connectivity index (χ3v) is 11.0. The fraction of sp³-hybridized carbons (Fsp3) is 0.600. The van der Waals surface area contributed by atoms with Gasteiger partial charge in [-0.2, -0.15) is 0 Å². The van der Waals surface area contributed by atoms with E-state index >= 15 is 0 Å². The van der Waals surface area contributed by atoms with Crippen molar-refractivity contribution in [2.24, 2.45) is 28.6 Å². The minimum absolute atomic E-state index is 0.00390. The second kappa shape index (κ2) is 8.76. The van der Waals surface area contributed by atoms with Gasteiger partial charge in [0.05, 0.1) is 10.6 Å². The van der Waals surface area contributed by atoms with Gasteiger partial charge in [0.15, 0.2) is 5.13 Å². The number of aromatic nitrogens is 1. The van der Waals surface area contributed by atoms with Crippen molar-refractivity contribution >= 4 is 33.7 Å². The molecule has 6 rings (SSSR count). The first-order valence-electron chi connectivity index (χ1n) is 13.6. The fourth-order valence-corrected chi connectivity index (χ4v) is 9.35. The molecule has 0 saturated heterocycles. The maximum absolute atomic E-state index is 12.3. The zero-order chi connectivity index (χ0) is 24.2. The van der Waals surface area contributed by atoms with Gasteiger partial charge in [-0.25, -0.2) is 4.98 Å². The molecule has 0 aliphatic heterocycles. The summed E-state index contributed by atoms with van der Waals surface area (Å²) in [7, 11) is 0. The van der Waals surface area contributed by atoms with Gasteiger partial charge in [0.25, 0.3) is 0 Å². The molecule has 1 heterocycles. The van der Waals surface area contributed by atoms with E-state index in [1.165, 1.54) is 36.3 Å². The zero-order valence-corrected chi connectivity index (χ0v) is 22.1. The van der Waals surface area contributed by atoms with Crippen LogP contribution in [0.5, 0.6) is 0 Å². The van der Waals surface area contributed by atoms with Crippen molar-refractivity contribution < 1.29 is 9.53 Å². The van der Waals surface area contributed by atoms with Crippen molar-refractivity contribution in [3.8, 4) is 0 Å². The van der Waals surface area contributed by atoms with Crippen LogP contribution in [0, 0.1) is 28.6 Å². The molecule has 2 fully saturated rings. The summed E-state index contributed by atoms with van der Waals surface area (Å²) in [5.74, 6) is 2.08. The number of hydrogen-bond donors (Lipinski definition) is 1. The molecule has 4 aliphatic carbocycles. The van der Waals surface area contributed by atoms with Crippen LogP contribution in [0.15, 0.2) is 36.4 Å². The Bertz CT molecular complexity index is 1140. The van der Waals surface area contributed by atoms with E-state index in [-0.39, 0.29) is 22.9 Å². The molecule has 6 atom stereocenters. The Hall–Kier alpha value is -2.14. The van der Waals surface area contributed by atoms with Crippen molar-refractivity contribution in [3.63, 3.8) is 0 Å². The molecule has 1 aromatic carbocycles. The Balaban J connectivity index is 1.26. The SMILES string of the molecule is CCCC(=O)O[C@H]1CC[C@H]2[C@@H]3CC=C4c5sc(Nc6ccccc6)nc5CC[C@]4(C)[C@H]3CC[C@]12C. The summed E-state index contributed by atoms with van der Waals surface area (Å²) >= 11 is 1.84. The van der Waals surface area contributed by atoms with Gasteiger partial charge in [-0.1, -0.05) is 56.4 Å². The van der Waals surface area contributed by atoms with Crippen LogP contribution < -0.4 is 5.32 Å². The molecular weight excluding hydrogens is 452 g/mol. The highest BCUT2D eigenvalue weighted by Crippen LogP contribution is 2.66. The van der Waals surface area contributed by atoms with Gasteiger partial charge in [-0.15, -0.1) is 0 Å². The summed E-state index contributed by atoms with van der Waals surface area (Å²) in [4.78, 5) is 18.8. The number of allylic oxidation sites excluding steroid dienone is 2. The number of nitrogens with one attached hydrogen (secondary N) is 1. The standard InChI is InChI=1S/C30H38N2O2S/c1-4-8-26(33)34-25-14-13-21-20-11-12-23-27-24(32-28(35-27)31-19-9-6-5-7-10-19)16-18-29(23,2)22(20)15-17-30(21,25)3/h5-7,9-10,12,20-22,25H,4,8,11,13-18H2,1-3H3,(H,31,32)/t20-,21-,22-,25-,29+,30-/m0/s1. The summed E-state index contributed by atoms with van der Waals surface area (Å²) in [6, 6.07) is 10.4. The predicted molar refractivity (Wildman–Crippen MR) is 143 cm³/mol. The van der Waals surface area contributed by atoms with Crippen LogP contribution in [0.3, 0.4) is 0 Å². The molecule has 0 bridgehead atoms. The summed E-state index contributed by atoms with van der Waals surface area (Å²) in [5, 5.41) is 4.54. The maximum atomic E-state index is 12.3. The number of fused-ring (bicyclic) bond motifs is 7. The van der Waals surface area contributed by atoms with Crippen LogP contribution in [0.25, 0.3) is 5.57 Å². The molecule has 2 saturated carbocycles. The number of aryl methyl sites for hydroxylation is 1. The number of nitrogens with zero attached hydrogens (tertiary/aromatic N) is 1. The molecule has 4 nitrogen and oxygen atoms in total. The van der Waals surface area contributed by atoms with Gasteiger partial charge >= 0.3 is 5.97 Å². The maximum Gasteiger partial charge on any atom is 0.306 e. The number of esters is 1. The van der Waals surface area contributed by atoms with E-state index in [0.717, 1.165) is 36.5 Å². The minimum Gasteiger partial charge on any atom is -0.462 e. The van der Waals surface area contributed by atoms with Crippen molar-refractivity contribution in [2.45, 2.75) is 84.7 Å². The quantitative estimate of drug-likeness (QED) is 0.435. The van der Waals surface area contributed by atoms with Crippen LogP contribution in [0.4, 0.5) is 10.8 Å². The number of carbonyl (C=O) groups is 1. The average molecular weight is 491 g/mol. The van der Waals surface area contributed by atoms with E-state index in [0.29, 0.717) is 24.2 Å². The molecule has 35 heavy (non-hydrogen) atoms. The number of carbonyl (C=O) groups excluding carboxylic acids is 1.